The summed E-state index contributed by atoms with van der Waals surface area (Å²) in [5, 5.41) is 8.75. The lowest BCUT2D eigenvalue weighted by molar-refractivity contribution is 0.275. The van der Waals surface area contributed by atoms with Crippen molar-refractivity contribution in [3.8, 4) is 5.75 Å². The fraction of sp³-hybridized carbons (Fsp3) is 0.333. The Morgan fingerprint density at radius 1 is 1.32 bits per heavy atom. The molecule has 0 saturated heterocycles. The summed E-state index contributed by atoms with van der Waals surface area (Å²) in [7, 11) is 1.30. The summed E-state index contributed by atoms with van der Waals surface area (Å²) in [5.41, 5.74) is -0.109. The summed E-state index contributed by atoms with van der Waals surface area (Å²) >= 11 is 33.9. The minimum absolute atomic E-state index is 0.0290. The van der Waals surface area contributed by atoms with Crippen LogP contribution in [0.5, 0.6) is 5.75 Å². The number of halogens is 5. The maximum absolute atomic E-state index is 9.18. The standard InChI is InChI=1S/C9H6Cl5NO3S/c1-17-8(19)18-6-4(10)3(2-16)15-7(5(6)11)9(12,13)14/h16H,2H2,1H3. The molecular formula is C9H6Cl5NO3S. The summed E-state index contributed by atoms with van der Waals surface area (Å²) in [6.45, 7) is -0.500. The van der Waals surface area contributed by atoms with Gasteiger partial charge in [0.1, 0.15) is 15.7 Å². The largest absolute Gasteiger partial charge is 0.460 e. The number of alkyl halides is 3. The Kier molecular flexibility index (Phi) is 6.20. The highest BCUT2D eigenvalue weighted by molar-refractivity contribution is 7.79. The van der Waals surface area contributed by atoms with Gasteiger partial charge in [-0.2, -0.15) is 0 Å². The zero-order chi connectivity index (χ0) is 14.8. The highest BCUT2D eigenvalue weighted by Gasteiger charge is 2.32. The van der Waals surface area contributed by atoms with E-state index < -0.39 is 10.4 Å². The van der Waals surface area contributed by atoms with Crippen molar-refractivity contribution in [1.29, 1.82) is 0 Å². The van der Waals surface area contributed by atoms with Crippen LogP contribution < -0.4 is 4.74 Å². The molecule has 0 radical (unpaired) electrons. The number of pyridine rings is 1. The first kappa shape index (κ1) is 17.3. The number of ether oxygens (including phenoxy) is 2. The van der Waals surface area contributed by atoms with Gasteiger partial charge in [0.25, 0.3) is 0 Å². The van der Waals surface area contributed by atoms with Gasteiger partial charge in [-0.15, -0.1) is 0 Å². The first-order valence-electron chi connectivity index (χ1n) is 4.54. The number of hydrogen-bond donors (Lipinski definition) is 1. The molecule has 0 unspecified atom stereocenters. The van der Waals surface area contributed by atoms with E-state index in [1.54, 1.807) is 0 Å². The third-order valence-electron chi connectivity index (χ3n) is 1.88. The summed E-state index contributed by atoms with van der Waals surface area (Å²) < 4.78 is 7.88. The molecule has 19 heavy (non-hydrogen) atoms. The molecule has 0 spiro atoms. The van der Waals surface area contributed by atoms with E-state index in [1.165, 1.54) is 7.11 Å². The van der Waals surface area contributed by atoms with Gasteiger partial charge in [-0.3, -0.25) is 0 Å². The van der Waals surface area contributed by atoms with Crippen molar-refractivity contribution in [2.75, 3.05) is 7.11 Å². The number of nitrogens with zero attached hydrogens (tertiary/aromatic N) is 1. The molecule has 0 aliphatic heterocycles. The molecule has 1 heterocycles. The minimum atomic E-state index is -1.92. The molecule has 1 rings (SSSR count). The summed E-state index contributed by atoms with van der Waals surface area (Å²) in [5.74, 6) is -0.101. The van der Waals surface area contributed by atoms with Gasteiger partial charge in [-0.25, -0.2) is 4.98 Å². The Balaban J connectivity index is 3.47. The van der Waals surface area contributed by atoms with Gasteiger partial charge in [0.15, 0.2) is 5.75 Å². The predicted molar refractivity (Wildman–Crippen MR) is 79.7 cm³/mol. The van der Waals surface area contributed by atoms with E-state index in [2.05, 4.69) is 9.72 Å². The molecule has 106 valence electrons. The molecule has 0 amide bonds. The Morgan fingerprint density at radius 3 is 2.32 bits per heavy atom. The number of thiocarbonyl (C=S) groups is 1. The molecule has 1 aromatic rings. The average molecular weight is 385 g/mol. The minimum Gasteiger partial charge on any atom is -0.460 e. The van der Waals surface area contributed by atoms with Crippen LogP contribution in [-0.2, 0) is 15.1 Å². The molecule has 0 fully saturated rings. The Labute approximate surface area is 139 Å². The van der Waals surface area contributed by atoms with Gasteiger partial charge in [0, 0.05) is 12.2 Å². The van der Waals surface area contributed by atoms with Gasteiger partial charge in [0.2, 0.25) is 3.79 Å². The van der Waals surface area contributed by atoms with Crippen LogP contribution in [-0.4, -0.2) is 22.4 Å². The first-order chi connectivity index (χ1) is 8.72. The molecule has 0 atom stereocenters. The Morgan fingerprint density at radius 2 is 1.89 bits per heavy atom. The highest BCUT2D eigenvalue weighted by atomic mass is 35.6. The van der Waals surface area contributed by atoms with Crippen molar-refractivity contribution in [2.45, 2.75) is 10.4 Å². The fourth-order valence-corrected chi connectivity index (χ4v) is 2.31. The van der Waals surface area contributed by atoms with Crippen molar-refractivity contribution in [3.63, 3.8) is 0 Å². The van der Waals surface area contributed by atoms with Gasteiger partial charge >= 0.3 is 5.24 Å². The number of aliphatic hydroxyl groups is 1. The van der Waals surface area contributed by atoms with E-state index in [0.717, 1.165) is 0 Å². The maximum atomic E-state index is 9.18. The number of aromatic nitrogens is 1. The van der Waals surface area contributed by atoms with Gasteiger partial charge in [-0.1, -0.05) is 58.0 Å². The van der Waals surface area contributed by atoms with Crippen molar-refractivity contribution in [2.24, 2.45) is 0 Å². The van der Waals surface area contributed by atoms with Crippen molar-refractivity contribution >= 4 is 75.5 Å². The maximum Gasteiger partial charge on any atom is 0.357 e. The molecule has 0 saturated carbocycles. The second-order valence-electron chi connectivity index (χ2n) is 3.08. The third-order valence-corrected chi connectivity index (χ3v) is 3.40. The van der Waals surface area contributed by atoms with Crippen LogP contribution in [0.4, 0.5) is 0 Å². The third kappa shape index (κ3) is 4.11. The Hall–Kier alpha value is 0.250. The van der Waals surface area contributed by atoms with Crippen LogP contribution in [0.15, 0.2) is 0 Å². The van der Waals surface area contributed by atoms with E-state index in [1.807, 2.05) is 0 Å². The van der Waals surface area contributed by atoms with Crippen LogP contribution >= 0.6 is 70.2 Å². The van der Waals surface area contributed by atoms with Gasteiger partial charge in [-0.05, 0) is 0 Å². The SMILES string of the molecule is COC(=S)Oc1c(Cl)c(CO)nc(C(Cl)(Cl)Cl)c1Cl. The molecule has 0 bridgehead atoms. The van der Waals surface area contributed by atoms with E-state index in [9.17, 15) is 5.11 Å². The first-order valence-corrected chi connectivity index (χ1v) is 6.83. The quantitative estimate of drug-likeness (QED) is 0.616. The fourth-order valence-electron chi connectivity index (χ4n) is 1.08. The second-order valence-corrected chi connectivity index (χ2v) is 6.45. The van der Waals surface area contributed by atoms with Crippen LogP contribution in [0, 0.1) is 0 Å². The molecule has 1 aromatic heterocycles. The average Bonchev–Trinajstić information content (AvgIpc) is 2.32. The topological polar surface area (TPSA) is 51.6 Å². The van der Waals surface area contributed by atoms with Crippen LogP contribution in [0.1, 0.15) is 11.4 Å². The lowest BCUT2D eigenvalue weighted by Crippen LogP contribution is -2.13. The van der Waals surface area contributed by atoms with E-state index in [-0.39, 0.29) is 32.4 Å². The van der Waals surface area contributed by atoms with Gasteiger partial charge in [0.05, 0.1) is 19.4 Å². The summed E-state index contributed by atoms with van der Waals surface area (Å²) in [6, 6.07) is 0. The number of hydrogen-bond acceptors (Lipinski definition) is 5. The van der Waals surface area contributed by atoms with E-state index in [0.29, 0.717) is 0 Å². The molecule has 4 nitrogen and oxygen atoms in total. The zero-order valence-electron chi connectivity index (χ0n) is 9.22. The normalized spacial score (nSPS) is 11.3. The predicted octanol–water partition coefficient (Wildman–Crippen LogP) is 4.02. The van der Waals surface area contributed by atoms with Crippen LogP contribution in [0.2, 0.25) is 10.0 Å². The van der Waals surface area contributed by atoms with E-state index in [4.69, 9.17) is 75.0 Å². The summed E-state index contributed by atoms with van der Waals surface area (Å²) in [6.07, 6.45) is 0. The molecule has 0 aliphatic carbocycles. The molecule has 0 aromatic carbocycles. The lowest BCUT2D eigenvalue weighted by Gasteiger charge is -2.18. The summed E-state index contributed by atoms with van der Waals surface area (Å²) in [4.78, 5) is 3.88. The lowest BCUT2D eigenvalue weighted by atomic mass is 10.3. The molecular weight excluding hydrogens is 379 g/mol. The van der Waals surface area contributed by atoms with Crippen molar-refractivity contribution < 1.29 is 14.6 Å². The molecule has 0 aliphatic rings. The monoisotopic (exact) mass is 383 g/mol. The van der Waals surface area contributed by atoms with Crippen molar-refractivity contribution in [3.05, 3.63) is 21.4 Å². The Bertz CT molecular complexity index is 506. The van der Waals surface area contributed by atoms with Crippen molar-refractivity contribution in [1.82, 2.24) is 4.98 Å². The second kappa shape index (κ2) is 6.80. The molecule has 10 heteroatoms. The molecule has 1 N–H and O–H groups in total. The van der Waals surface area contributed by atoms with Crippen LogP contribution in [0.3, 0.4) is 0 Å². The van der Waals surface area contributed by atoms with E-state index >= 15 is 0 Å². The zero-order valence-corrected chi connectivity index (χ0v) is 13.8. The van der Waals surface area contributed by atoms with Crippen LogP contribution in [0.25, 0.3) is 0 Å². The van der Waals surface area contributed by atoms with Gasteiger partial charge < -0.3 is 14.6 Å². The smallest absolute Gasteiger partial charge is 0.357 e. The number of aliphatic hydroxyl groups excluding tert-OH is 1. The number of rotatable bonds is 2. The highest BCUT2D eigenvalue weighted by Crippen LogP contribution is 2.46. The number of methoxy groups -OCH3 is 1.